The highest BCUT2D eigenvalue weighted by molar-refractivity contribution is 5.31. The number of nitrogens with two attached hydrogens (primary N) is 1. The molecule has 0 saturated heterocycles. The van der Waals surface area contributed by atoms with Gasteiger partial charge in [0.2, 0.25) is 0 Å². The maximum Gasteiger partial charge on any atom is 0.107 e. The second-order valence-corrected chi connectivity index (χ2v) is 3.76. The molecule has 2 heteroatoms. The Morgan fingerprint density at radius 1 is 1.67 bits per heavy atom. The molecule has 0 amide bonds. The van der Waals surface area contributed by atoms with Crippen molar-refractivity contribution in [3.8, 4) is 0 Å². The first-order valence-corrected chi connectivity index (χ1v) is 4.51. The van der Waals surface area contributed by atoms with Crippen LogP contribution in [0.2, 0.25) is 0 Å². The van der Waals surface area contributed by atoms with E-state index >= 15 is 0 Å². The van der Waals surface area contributed by atoms with Gasteiger partial charge < -0.3 is 10.2 Å². The van der Waals surface area contributed by atoms with E-state index in [1.165, 1.54) is 5.56 Å². The molecule has 2 nitrogen and oxygen atoms in total. The summed E-state index contributed by atoms with van der Waals surface area (Å²) in [5, 5.41) is 0. The van der Waals surface area contributed by atoms with Crippen LogP contribution in [0.4, 0.5) is 0 Å². The molecular weight excluding hydrogens is 150 g/mol. The molecule has 1 aliphatic rings. The second-order valence-electron chi connectivity index (χ2n) is 3.76. The van der Waals surface area contributed by atoms with Crippen LogP contribution in [-0.4, -0.2) is 6.54 Å². The van der Waals surface area contributed by atoms with Crippen LogP contribution < -0.4 is 5.73 Å². The van der Waals surface area contributed by atoms with Crippen molar-refractivity contribution in [1.29, 1.82) is 0 Å². The van der Waals surface area contributed by atoms with Gasteiger partial charge in [0.15, 0.2) is 0 Å². The number of hydrogen-bond acceptors (Lipinski definition) is 2. The third-order valence-corrected chi connectivity index (χ3v) is 2.81. The molecule has 2 N–H and O–H groups in total. The number of aryl methyl sites for hydroxylation is 1. The standard InChI is InChI=1S/C10H15NO/c1-6-3-10-8(9(6)5-11)4-7(2)12-10/h4,6,9H,3,5,11H2,1-2H3. The van der Waals surface area contributed by atoms with Crippen LogP contribution in [0.1, 0.15) is 29.9 Å². The molecule has 0 radical (unpaired) electrons. The quantitative estimate of drug-likeness (QED) is 0.689. The summed E-state index contributed by atoms with van der Waals surface area (Å²) in [6.45, 7) is 4.98. The van der Waals surface area contributed by atoms with Crippen LogP contribution in [0.25, 0.3) is 0 Å². The molecule has 0 fully saturated rings. The lowest BCUT2D eigenvalue weighted by molar-refractivity contribution is 0.446. The van der Waals surface area contributed by atoms with E-state index in [1.807, 2.05) is 6.92 Å². The van der Waals surface area contributed by atoms with Gasteiger partial charge in [-0.2, -0.15) is 0 Å². The van der Waals surface area contributed by atoms with E-state index in [-0.39, 0.29) is 0 Å². The van der Waals surface area contributed by atoms with Crippen LogP contribution in [0.15, 0.2) is 10.5 Å². The summed E-state index contributed by atoms with van der Waals surface area (Å²) in [5.41, 5.74) is 7.06. The molecule has 0 aliphatic heterocycles. The predicted octanol–water partition coefficient (Wildman–Crippen LogP) is 1.82. The maximum absolute atomic E-state index is 5.71. The highest BCUT2D eigenvalue weighted by Gasteiger charge is 2.31. The van der Waals surface area contributed by atoms with Crippen molar-refractivity contribution in [2.45, 2.75) is 26.2 Å². The summed E-state index contributed by atoms with van der Waals surface area (Å²) in [6, 6.07) is 2.14. The fourth-order valence-electron chi connectivity index (χ4n) is 2.16. The summed E-state index contributed by atoms with van der Waals surface area (Å²) < 4.78 is 5.57. The molecule has 1 aliphatic carbocycles. The highest BCUT2D eigenvalue weighted by Crippen LogP contribution is 2.38. The van der Waals surface area contributed by atoms with Crippen LogP contribution in [-0.2, 0) is 6.42 Å². The first kappa shape index (κ1) is 7.87. The van der Waals surface area contributed by atoms with E-state index in [2.05, 4.69) is 13.0 Å². The van der Waals surface area contributed by atoms with Crippen LogP contribution in [0.5, 0.6) is 0 Å². The van der Waals surface area contributed by atoms with Crippen LogP contribution in [0.3, 0.4) is 0 Å². The summed E-state index contributed by atoms with van der Waals surface area (Å²) in [7, 11) is 0. The number of hydrogen-bond donors (Lipinski definition) is 1. The minimum absolute atomic E-state index is 0.525. The van der Waals surface area contributed by atoms with Crippen molar-refractivity contribution in [2.75, 3.05) is 6.54 Å². The highest BCUT2D eigenvalue weighted by atomic mass is 16.3. The zero-order valence-corrected chi connectivity index (χ0v) is 7.63. The van der Waals surface area contributed by atoms with E-state index in [0.29, 0.717) is 11.8 Å². The van der Waals surface area contributed by atoms with Crippen molar-refractivity contribution in [2.24, 2.45) is 11.7 Å². The van der Waals surface area contributed by atoms with Gasteiger partial charge in [0, 0.05) is 12.3 Å². The number of rotatable bonds is 1. The zero-order chi connectivity index (χ0) is 8.72. The lowest BCUT2D eigenvalue weighted by Crippen LogP contribution is -2.15. The Balaban J connectivity index is 2.38. The average Bonchev–Trinajstić information content (AvgIpc) is 2.43. The topological polar surface area (TPSA) is 39.2 Å². The fraction of sp³-hybridized carbons (Fsp3) is 0.600. The molecule has 0 bridgehead atoms. The van der Waals surface area contributed by atoms with Crippen LogP contribution >= 0.6 is 0 Å². The Kier molecular flexibility index (Phi) is 1.72. The Bertz CT molecular complexity index is 290. The molecule has 66 valence electrons. The normalized spacial score (nSPS) is 27.6. The van der Waals surface area contributed by atoms with E-state index < -0.39 is 0 Å². The Labute approximate surface area is 72.7 Å². The first-order valence-electron chi connectivity index (χ1n) is 4.51. The second kappa shape index (κ2) is 2.63. The third-order valence-electron chi connectivity index (χ3n) is 2.81. The molecule has 2 atom stereocenters. The smallest absolute Gasteiger partial charge is 0.107 e. The van der Waals surface area contributed by atoms with Gasteiger partial charge in [0.1, 0.15) is 11.5 Å². The molecule has 0 aromatic carbocycles. The fourth-order valence-corrected chi connectivity index (χ4v) is 2.16. The SMILES string of the molecule is Cc1cc2c(o1)CC(C)C2CN. The average molecular weight is 165 g/mol. The van der Waals surface area contributed by atoms with E-state index in [9.17, 15) is 0 Å². The van der Waals surface area contributed by atoms with Crippen molar-refractivity contribution < 1.29 is 4.42 Å². The summed E-state index contributed by atoms with van der Waals surface area (Å²) in [6.07, 6.45) is 1.06. The Hall–Kier alpha value is -0.760. The predicted molar refractivity (Wildman–Crippen MR) is 48.1 cm³/mol. The van der Waals surface area contributed by atoms with Crippen molar-refractivity contribution in [3.05, 3.63) is 23.2 Å². The molecule has 12 heavy (non-hydrogen) atoms. The minimum Gasteiger partial charge on any atom is -0.466 e. The number of furan rings is 1. The summed E-state index contributed by atoms with van der Waals surface area (Å²) in [4.78, 5) is 0. The maximum atomic E-state index is 5.71. The first-order chi connectivity index (χ1) is 5.72. The zero-order valence-electron chi connectivity index (χ0n) is 7.63. The van der Waals surface area contributed by atoms with Gasteiger partial charge >= 0.3 is 0 Å². The van der Waals surface area contributed by atoms with Crippen molar-refractivity contribution in [1.82, 2.24) is 0 Å². The third kappa shape index (κ3) is 0.985. The number of fused-ring (bicyclic) bond motifs is 1. The lowest BCUT2D eigenvalue weighted by atomic mass is 9.95. The van der Waals surface area contributed by atoms with Gasteiger partial charge in [0.25, 0.3) is 0 Å². The summed E-state index contributed by atoms with van der Waals surface area (Å²) in [5.74, 6) is 3.36. The van der Waals surface area contributed by atoms with Crippen molar-refractivity contribution in [3.63, 3.8) is 0 Å². The van der Waals surface area contributed by atoms with Gasteiger partial charge in [-0.1, -0.05) is 6.92 Å². The monoisotopic (exact) mass is 165 g/mol. The van der Waals surface area contributed by atoms with Crippen molar-refractivity contribution >= 4 is 0 Å². The van der Waals surface area contributed by atoms with Gasteiger partial charge in [-0.15, -0.1) is 0 Å². The molecule has 1 heterocycles. The van der Waals surface area contributed by atoms with Crippen LogP contribution in [0, 0.1) is 12.8 Å². The van der Waals surface area contributed by atoms with Gasteiger partial charge in [0.05, 0.1) is 0 Å². The van der Waals surface area contributed by atoms with Gasteiger partial charge in [-0.3, -0.25) is 0 Å². The molecule has 0 spiro atoms. The Morgan fingerprint density at radius 2 is 2.42 bits per heavy atom. The lowest BCUT2D eigenvalue weighted by Gasteiger charge is -2.11. The molecule has 1 aromatic rings. The largest absolute Gasteiger partial charge is 0.466 e. The van der Waals surface area contributed by atoms with E-state index in [4.69, 9.17) is 10.2 Å². The minimum atomic E-state index is 0.525. The molecule has 2 unspecified atom stereocenters. The Morgan fingerprint density at radius 3 is 3.08 bits per heavy atom. The molecular formula is C10H15NO. The van der Waals surface area contributed by atoms with Gasteiger partial charge in [-0.25, -0.2) is 0 Å². The molecule has 0 saturated carbocycles. The van der Waals surface area contributed by atoms with E-state index in [0.717, 1.165) is 24.5 Å². The van der Waals surface area contributed by atoms with Gasteiger partial charge in [-0.05, 0) is 31.0 Å². The summed E-state index contributed by atoms with van der Waals surface area (Å²) >= 11 is 0. The van der Waals surface area contributed by atoms with E-state index in [1.54, 1.807) is 0 Å². The molecule has 2 rings (SSSR count). The molecule has 1 aromatic heterocycles.